The van der Waals surface area contributed by atoms with Crippen molar-refractivity contribution in [3.05, 3.63) is 48.2 Å². The van der Waals surface area contributed by atoms with E-state index in [9.17, 15) is 13.2 Å². The number of nitrogens with zero attached hydrogens (tertiary/aromatic N) is 2. The summed E-state index contributed by atoms with van der Waals surface area (Å²) in [6.07, 6.45) is 2.59. The fourth-order valence-electron chi connectivity index (χ4n) is 3.09. The first-order valence-corrected chi connectivity index (χ1v) is 10.2. The number of sulfonamides is 1. The molecule has 1 aliphatic heterocycles. The van der Waals surface area contributed by atoms with E-state index in [0.29, 0.717) is 37.5 Å². The highest BCUT2D eigenvalue weighted by atomic mass is 32.2. The van der Waals surface area contributed by atoms with Crippen LogP contribution in [0, 0.1) is 12.8 Å². The third-order valence-corrected chi connectivity index (χ3v) is 6.69. The minimum absolute atomic E-state index is 0.113. The third-order valence-electron chi connectivity index (χ3n) is 4.77. The van der Waals surface area contributed by atoms with Crippen LogP contribution in [0.3, 0.4) is 0 Å². The lowest BCUT2D eigenvalue weighted by molar-refractivity contribution is -0.120. The van der Waals surface area contributed by atoms with Crippen LogP contribution in [0.2, 0.25) is 0 Å². The number of aromatic nitrogens is 1. The molecule has 27 heavy (non-hydrogen) atoms. The number of ether oxygens (including phenoxy) is 1. The molecule has 1 aromatic heterocycles. The van der Waals surface area contributed by atoms with Gasteiger partial charge in [-0.05, 0) is 55.7 Å². The van der Waals surface area contributed by atoms with Crippen molar-refractivity contribution >= 4 is 21.7 Å². The minimum Gasteiger partial charge on any atom is -0.497 e. The summed E-state index contributed by atoms with van der Waals surface area (Å²) in [6, 6.07) is 10.0. The number of amides is 1. The fourth-order valence-corrected chi connectivity index (χ4v) is 4.56. The van der Waals surface area contributed by atoms with Gasteiger partial charge in [-0.3, -0.25) is 4.79 Å². The van der Waals surface area contributed by atoms with E-state index in [-0.39, 0.29) is 16.7 Å². The predicted molar refractivity (Wildman–Crippen MR) is 102 cm³/mol. The zero-order chi connectivity index (χ0) is 19.4. The van der Waals surface area contributed by atoms with Gasteiger partial charge in [0.2, 0.25) is 15.9 Å². The van der Waals surface area contributed by atoms with E-state index in [1.165, 1.54) is 23.5 Å². The van der Waals surface area contributed by atoms with Crippen LogP contribution in [-0.4, -0.2) is 43.8 Å². The van der Waals surface area contributed by atoms with E-state index >= 15 is 0 Å². The highest BCUT2D eigenvalue weighted by molar-refractivity contribution is 7.89. The summed E-state index contributed by atoms with van der Waals surface area (Å²) in [6.45, 7) is 2.51. The lowest BCUT2D eigenvalue weighted by Crippen LogP contribution is -2.41. The smallest absolute Gasteiger partial charge is 0.243 e. The van der Waals surface area contributed by atoms with Gasteiger partial charge in [0.15, 0.2) is 0 Å². The van der Waals surface area contributed by atoms with Crippen molar-refractivity contribution in [3.8, 4) is 5.75 Å². The summed E-state index contributed by atoms with van der Waals surface area (Å²) in [5.74, 6) is 0.817. The number of hydrogen-bond acceptors (Lipinski definition) is 5. The number of aryl methyl sites for hydroxylation is 1. The number of pyridine rings is 1. The van der Waals surface area contributed by atoms with Gasteiger partial charge in [-0.2, -0.15) is 4.31 Å². The summed E-state index contributed by atoms with van der Waals surface area (Å²) in [7, 11) is -2.03. The standard InChI is InChI=1S/C19H23N3O4S/c1-14-4-3-11-20-18(14)21-19(23)15-9-12-22(13-10-15)27(24,25)17-7-5-16(26-2)6-8-17/h3-8,11,15H,9-10,12-13H2,1-2H3,(H,20,21,23). The molecule has 3 rings (SSSR count). The lowest BCUT2D eigenvalue weighted by Gasteiger charge is -2.30. The Balaban J connectivity index is 1.62. The zero-order valence-corrected chi connectivity index (χ0v) is 16.2. The van der Waals surface area contributed by atoms with E-state index in [1.54, 1.807) is 18.3 Å². The van der Waals surface area contributed by atoms with Crippen molar-refractivity contribution in [2.24, 2.45) is 5.92 Å². The van der Waals surface area contributed by atoms with Crippen LogP contribution in [0.4, 0.5) is 5.82 Å². The second kappa shape index (κ2) is 8.06. The predicted octanol–water partition coefficient (Wildman–Crippen LogP) is 2.44. The number of carbonyl (C=O) groups excluding carboxylic acids is 1. The number of rotatable bonds is 5. The first kappa shape index (κ1) is 19.3. The topological polar surface area (TPSA) is 88.6 Å². The quantitative estimate of drug-likeness (QED) is 0.848. The first-order chi connectivity index (χ1) is 12.9. The molecule has 8 heteroatoms. The van der Waals surface area contributed by atoms with E-state index < -0.39 is 10.0 Å². The Morgan fingerprint density at radius 3 is 2.44 bits per heavy atom. The average molecular weight is 389 g/mol. The summed E-state index contributed by atoms with van der Waals surface area (Å²) >= 11 is 0. The molecule has 1 saturated heterocycles. The van der Waals surface area contributed by atoms with Crippen LogP contribution in [-0.2, 0) is 14.8 Å². The number of benzene rings is 1. The Labute approximate surface area is 159 Å². The molecule has 2 heterocycles. The molecular formula is C19H23N3O4S. The van der Waals surface area contributed by atoms with Crippen LogP contribution < -0.4 is 10.1 Å². The summed E-state index contributed by atoms with van der Waals surface area (Å²) in [5, 5.41) is 2.85. The molecule has 0 unspecified atom stereocenters. The fraction of sp³-hybridized carbons (Fsp3) is 0.368. The Bertz CT molecular complexity index is 905. The molecular weight excluding hydrogens is 366 g/mol. The van der Waals surface area contributed by atoms with Gasteiger partial charge in [0.05, 0.1) is 12.0 Å². The van der Waals surface area contributed by atoms with Crippen molar-refractivity contribution in [3.63, 3.8) is 0 Å². The molecule has 0 spiro atoms. The van der Waals surface area contributed by atoms with Crippen LogP contribution in [0.25, 0.3) is 0 Å². The molecule has 0 bridgehead atoms. The summed E-state index contributed by atoms with van der Waals surface area (Å²) in [4.78, 5) is 16.9. The minimum atomic E-state index is -3.57. The zero-order valence-electron chi connectivity index (χ0n) is 15.4. The molecule has 7 nitrogen and oxygen atoms in total. The maximum Gasteiger partial charge on any atom is 0.243 e. The number of carbonyl (C=O) groups is 1. The van der Waals surface area contributed by atoms with Crippen LogP contribution in [0.5, 0.6) is 5.75 Å². The van der Waals surface area contributed by atoms with E-state index in [2.05, 4.69) is 10.3 Å². The van der Waals surface area contributed by atoms with Gasteiger partial charge in [-0.25, -0.2) is 13.4 Å². The maximum absolute atomic E-state index is 12.8. The second-order valence-electron chi connectivity index (χ2n) is 6.51. The van der Waals surface area contributed by atoms with Crippen molar-refractivity contribution in [1.29, 1.82) is 0 Å². The number of piperidine rings is 1. The van der Waals surface area contributed by atoms with E-state index in [4.69, 9.17) is 4.74 Å². The molecule has 144 valence electrons. The van der Waals surface area contributed by atoms with Crippen LogP contribution >= 0.6 is 0 Å². The molecule has 1 N–H and O–H groups in total. The highest BCUT2D eigenvalue weighted by Gasteiger charge is 2.32. The summed E-state index contributed by atoms with van der Waals surface area (Å²) in [5.41, 5.74) is 0.894. The molecule has 0 radical (unpaired) electrons. The molecule has 1 aliphatic rings. The number of hydrogen-bond donors (Lipinski definition) is 1. The highest BCUT2D eigenvalue weighted by Crippen LogP contribution is 2.26. The second-order valence-corrected chi connectivity index (χ2v) is 8.45. The molecule has 1 amide bonds. The average Bonchev–Trinajstić information content (AvgIpc) is 2.70. The van der Waals surface area contributed by atoms with Gasteiger partial charge < -0.3 is 10.1 Å². The van der Waals surface area contributed by atoms with Crippen LogP contribution in [0.15, 0.2) is 47.5 Å². The largest absolute Gasteiger partial charge is 0.497 e. The first-order valence-electron chi connectivity index (χ1n) is 8.78. The van der Waals surface area contributed by atoms with Gasteiger partial charge in [0.1, 0.15) is 11.6 Å². The van der Waals surface area contributed by atoms with Gasteiger partial charge >= 0.3 is 0 Å². The van der Waals surface area contributed by atoms with Crippen molar-refractivity contribution in [2.75, 3.05) is 25.5 Å². The van der Waals surface area contributed by atoms with E-state index in [1.807, 2.05) is 19.1 Å². The Morgan fingerprint density at radius 1 is 1.19 bits per heavy atom. The van der Waals surface area contributed by atoms with Gasteiger partial charge in [0, 0.05) is 25.2 Å². The molecule has 1 aromatic carbocycles. The van der Waals surface area contributed by atoms with E-state index in [0.717, 1.165) is 5.56 Å². The molecule has 2 aromatic rings. The van der Waals surface area contributed by atoms with Crippen LogP contribution in [0.1, 0.15) is 18.4 Å². The van der Waals surface area contributed by atoms with Gasteiger partial charge in [0.25, 0.3) is 0 Å². The normalized spacial score (nSPS) is 16.1. The molecule has 0 atom stereocenters. The van der Waals surface area contributed by atoms with Gasteiger partial charge in [-0.1, -0.05) is 6.07 Å². The Morgan fingerprint density at radius 2 is 1.85 bits per heavy atom. The monoisotopic (exact) mass is 389 g/mol. The molecule has 0 saturated carbocycles. The lowest BCUT2D eigenvalue weighted by atomic mass is 9.97. The number of nitrogens with one attached hydrogen (secondary N) is 1. The SMILES string of the molecule is COc1ccc(S(=O)(=O)N2CCC(C(=O)Nc3ncccc3C)CC2)cc1. The van der Waals surface area contributed by atoms with Gasteiger partial charge in [-0.15, -0.1) is 0 Å². The molecule has 0 aliphatic carbocycles. The Kier molecular flexibility index (Phi) is 5.76. The Hall–Kier alpha value is -2.45. The molecule has 1 fully saturated rings. The number of anilines is 1. The van der Waals surface area contributed by atoms with Crippen molar-refractivity contribution in [1.82, 2.24) is 9.29 Å². The summed E-state index contributed by atoms with van der Waals surface area (Å²) < 4.78 is 32.0. The van der Waals surface area contributed by atoms with Crippen molar-refractivity contribution < 1.29 is 17.9 Å². The third kappa shape index (κ3) is 4.28. The number of methoxy groups -OCH3 is 1. The maximum atomic E-state index is 12.8. The van der Waals surface area contributed by atoms with Crippen molar-refractivity contribution in [2.45, 2.75) is 24.7 Å².